The number of anilines is 5. The summed E-state index contributed by atoms with van der Waals surface area (Å²) in [7, 11) is 0. The molecule has 0 saturated carbocycles. The summed E-state index contributed by atoms with van der Waals surface area (Å²) in [5.74, 6) is 1.66. The van der Waals surface area contributed by atoms with Crippen molar-refractivity contribution >= 4 is 40.4 Å². The molecule has 4 N–H and O–H groups in total. The first kappa shape index (κ1) is 16.0. The van der Waals surface area contributed by atoms with Crippen LogP contribution in [0.5, 0.6) is 0 Å². The molecule has 0 aliphatic carbocycles. The maximum Gasteiger partial charge on any atom is 0.160 e. The predicted octanol–water partition coefficient (Wildman–Crippen LogP) is 4.21. The number of rotatable bonds is 4. The Morgan fingerprint density at radius 1 is 0.958 bits per heavy atom. The highest BCUT2D eigenvalue weighted by Crippen LogP contribution is 2.30. The lowest BCUT2D eigenvalue weighted by Crippen LogP contribution is -2.06. The lowest BCUT2D eigenvalue weighted by atomic mass is 10.2. The van der Waals surface area contributed by atoms with E-state index in [1.807, 2.05) is 44.2 Å². The first-order chi connectivity index (χ1) is 11.5. The summed E-state index contributed by atoms with van der Waals surface area (Å²) in [4.78, 5) is 12.7. The van der Waals surface area contributed by atoms with Crippen LogP contribution in [0.1, 0.15) is 11.1 Å². The van der Waals surface area contributed by atoms with Gasteiger partial charge < -0.3 is 16.4 Å². The molecule has 7 heteroatoms. The fourth-order valence-corrected chi connectivity index (χ4v) is 2.30. The summed E-state index contributed by atoms with van der Waals surface area (Å²) in [5, 5.41) is 6.97. The zero-order chi connectivity index (χ0) is 17.1. The Balaban J connectivity index is 1.88. The van der Waals surface area contributed by atoms with Gasteiger partial charge in [0.15, 0.2) is 11.6 Å². The minimum atomic E-state index is 0.402. The van der Waals surface area contributed by atoms with Crippen molar-refractivity contribution in [2.75, 3.05) is 16.4 Å². The first-order valence-corrected chi connectivity index (χ1v) is 7.74. The summed E-state index contributed by atoms with van der Waals surface area (Å²) in [5.41, 5.74) is 9.43. The normalized spacial score (nSPS) is 10.5. The van der Waals surface area contributed by atoms with Crippen LogP contribution in [0.25, 0.3) is 0 Å². The monoisotopic (exact) mass is 340 g/mol. The van der Waals surface area contributed by atoms with Crippen molar-refractivity contribution in [1.29, 1.82) is 0 Å². The number of pyridine rings is 1. The van der Waals surface area contributed by atoms with Gasteiger partial charge >= 0.3 is 0 Å². The van der Waals surface area contributed by atoms with E-state index in [2.05, 4.69) is 25.6 Å². The Morgan fingerprint density at radius 2 is 1.71 bits per heavy atom. The number of halogens is 1. The van der Waals surface area contributed by atoms with Crippen LogP contribution >= 0.6 is 11.6 Å². The molecule has 3 aromatic rings. The van der Waals surface area contributed by atoms with E-state index in [0.29, 0.717) is 28.2 Å². The number of aryl methyl sites for hydroxylation is 1. The number of benzene rings is 1. The molecule has 0 aliphatic heterocycles. The largest absolute Gasteiger partial charge is 0.393 e. The molecule has 0 radical (unpaired) electrons. The average molecular weight is 341 g/mol. The average Bonchev–Trinajstić information content (AvgIpc) is 2.57. The van der Waals surface area contributed by atoms with Crippen LogP contribution in [0.3, 0.4) is 0 Å². The highest BCUT2D eigenvalue weighted by atomic mass is 35.5. The third-order valence-corrected chi connectivity index (χ3v) is 3.97. The smallest absolute Gasteiger partial charge is 0.160 e. The summed E-state index contributed by atoms with van der Waals surface area (Å²) in [6.45, 7) is 3.91. The van der Waals surface area contributed by atoms with Crippen molar-refractivity contribution < 1.29 is 0 Å². The van der Waals surface area contributed by atoms with E-state index in [1.54, 1.807) is 6.20 Å². The van der Waals surface area contributed by atoms with Crippen LogP contribution in [-0.4, -0.2) is 15.0 Å². The molecule has 0 atom stereocenters. The Morgan fingerprint density at radius 3 is 2.42 bits per heavy atom. The number of hydrogen-bond acceptors (Lipinski definition) is 6. The SMILES string of the molecule is Cc1ccc(Nc2ncnc(Nc3cccc(Cl)c3C)c2N)nc1. The van der Waals surface area contributed by atoms with Crippen molar-refractivity contribution in [2.45, 2.75) is 13.8 Å². The standard InChI is InChI=1S/C17H17ClN6/c1-10-6-7-14(20-8-10)24-17-15(19)16(21-9-22-17)23-13-5-3-4-12(18)11(13)2/h3-9H,19H2,1-2H3,(H2,20,21,22,23,24). The van der Waals surface area contributed by atoms with Gasteiger partial charge in [0.2, 0.25) is 0 Å². The number of hydrogen-bond donors (Lipinski definition) is 3. The van der Waals surface area contributed by atoms with Crippen LogP contribution in [-0.2, 0) is 0 Å². The van der Waals surface area contributed by atoms with E-state index in [1.165, 1.54) is 6.33 Å². The first-order valence-electron chi connectivity index (χ1n) is 7.37. The number of nitrogens with one attached hydrogen (secondary N) is 2. The molecule has 0 aliphatic rings. The minimum absolute atomic E-state index is 0.402. The predicted molar refractivity (Wildman–Crippen MR) is 98.2 cm³/mol. The van der Waals surface area contributed by atoms with Gasteiger partial charge in [0.05, 0.1) is 0 Å². The highest BCUT2D eigenvalue weighted by Gasteiger charge is 2.11. The molecule has 0 spiro atoms. The van der Waals surface area contributed by atoms with Crippen LogP contribution < -0.4 is 16.4 Å². The van der Waals surface area contributed by atoms with Gasteiger partial charge in [-0.25, -0.2) is 15.0 Å². The van der Waals surface area contributed by atoms with Gasteiger partial charge in [-0.3, -0.25) is 0 Å². The van der Waals surface area contributed by atoms with Crippen molar-refractivity contribution in [2.24, 2.45) is 0 Å². The van der Waals surface area contributed by atoms with Crippen molar-refractivity contribution in [3.63, 3.8) is 0 Å². The summed E-state index contributed by atoms with van der Waals surface area (Å²) in [6.07, 6.45) is 3.21. The lowest BCUT2D eigenvalue weighted by molar-refractivity contribution is 1.16. The fourth-order valence-electron chi connectivity index (χ4n) is 2.13. The molecular formula is C17H17ClN6. The van der Waals surface area contributed by atoms with Gasteiger partial charge in [0, 0.05) is 16.9 Å². The van der Waals surface area contributed by atoms with Gasteiger partial charge in [-0.15, -0.1) is 0 Å². The third kappa shape index (κ3) is 3.38. The summed E-state index contributed by atoms with van der Waals surface area (Å²) >= 11 is 6.15. The van der Waals surface area contributed by atoms with Crippen molar-refractivity contribution in [1.82, 2.24) is 15.0 Å². The molecule has 3 rings (SSSR count). The van der Waals surface area contributed by atoms with Gasteiger partial charge in [-0.1, -0.05) is 23.7 Å². The van der Waals surface area contributed by atoms with Gasteiger partial charge in [-0.2, -0.15) is 0 Å². The van der Waals surface area contributed by atoms with Gasteiger partial charge in [0.25, 0.3) is 0 Å². The molecule has 0 unspecified atom stereocenters. The van der Waals surface area contributed by atoms with E-state index < -0.39 is 0 Å². The quantitative estimate of drug-likeness (QED) is 0.659. The number of nitrogens with two attached hydrogens (primary N) is 1. The molecule has 0 amide bonds. The molecule has 0 bridgehead atoms. The van der Waals surface area contributed by atoms with Crippen LogP contribution in [0.2, 0.25) is 5.02 Å². The second-order valence-corrected chi connectivity index (χ2v) is 5.77. The van der Waals surface area contributed by atoms with Gasteiger partial charge in [-0.05, 0) is 43.2 Å². The molecule has 2 aromatic heterocycles. The second kappa shape index (κ2) is 6.72. The lowest BCUT2D eigenvalue weighted by Gasteiger charge is -2.14. The second-order valence-electron chi connectivity index (χ2n) is 5.37. The van der Waals surface area contributed by atoms with Crippen LogP contribution in [0, 0.1) is 13.8 Å². The van der Waals surface area contributed by atoms with E-state index in [9.17, 15) is 0 Å². The molecule has 0 fully saturated rings. The van der Waals surface area contributed by atoms with E-state index in [-0.39, 0.29) is 0 Å². The maximum atomic E-state index is 6.19. The highest BCUT2D eigenvalue weighted by molar-refractivity contribution is 6.31. The van der Waals surface area contributed by atoms with Crippen LogP contribution in [0.15, 0.2) is 42.9 Å². The number of nitrogen functional groups attached to an aromatic ring is 1. The third-order valence-electron chi connectivity index (χ3n) is 3.56. The van der Waals surface area contributed by atoms with Crippen LogP contribution in [0.4, 0.5) is 28.8 Å². The minimum Gasteiger partial charge on any atom is -0.393 e. The zero-order valence-electron chi connectivity index (χ0n) is 13.3. The fraction of sp³-hybridized carbons (Fsp3) is 0.118. The Hall–Kier alpha value is -2.86. The van der Waals surface area contributed by atoms with Crippen molar-refractivity contribution in [3.8, 4) is 0 Å². The van der Waals surface area contributed by atoms with E-state index >= 15 is 0 Å². The zero-order valence-corrected chi connectivity index (χ0v) is 14.1. The molecule has 6 nitrogen and oxygen atoms in total. The Bertz CT molecular complexity index is 863. The summed E-state index contributed by atoms with van der Waals surface area (Å²) < 4.78 is 0. The van der Waals surface area contributed by atoms with E-state index in [0.717, 1.165) is 16.8 Å². The van der Waals surface area contributed by atoms with E-state index in [4.69, 9.17) is 17.3 Å². The molecule has 1 aromatic carbocycles. The molecule has 2 heterocycles. The Kier molecular flexibility index (Phi) is 4.48. The molecule has 122 valence electrons. The molecular weight excluding hydrogens is 324 g/mol. The molecule has 0 saturated heterocycles. The topological polar surface area (TPSA) is 88.8 Å². The molecule has 24 heavy (non-hydrogen) atoms. The maximum absolute atomic E-state index is 6.19. The summed E-state index contributed by atoms with van der Waals surface area (Å²) in [6, 6.07) is 9.44. The number of aromatic nitrogens is 3. The van der Waals surface area contributed by atoms with Crippen molar-refractivity contribution in [3.05, 3.63) is 59.0 Å². The van der Waals surface area contributed by atoms with Gasteiger partial charge in [0.1, 0.15) is 17.8 Å². The Labute approximate surface area is 145 Å². The number of nitrogens with zero attached hydrogens (tertiary/aromatic N) is 3.